The van der Waals surface area contributed by atoms with Gasteiger partial charge < -0.3 is 10.1 Å². The number of anilines is 1. The van der Waals surface area contributed by atoms with Gasteiger partial charge in [0.25, 0.3) is 0 Å². The molecule has 1 unspecified atom stereocenters. The number of halogens is 1. The lowest BCUT2D eigenvalue weighted by molar-refractivity contribution is 0.185. The lowest BCUT2D eigenvalue weighted by Crippen LogP contribution is -2.07. The zero-order valence-electron chi connectivity index (χ0n) is 11.5. The molecule has 0 aliphatic heterocycles. The van der Waals surface area contributed by atoms with Gasteiger partial charge in [-0.05, 0) is 53.8 Å². The Bertz CT molecular complexity index is 612. The van der Waals surface area contributed by atoms with Crippen molar-refractivity contribution >= 4 is 21.6 Å². The largest absolute Gasteiger partial charge is 0.380 e. The number of benzene rings is 2. The molecule has 2 aromatic rings. The van der Waals surface area contributed by atoms with E-state index in [1.54, 1.807) is 7.11 Å². The van der Waals surface area contributed by atoms with Crippen molar-refractivity contribution in [3.05, 3.63) is 63.6 Å². The number of methoxy groups -OCH3 is 1. The van der Waals surface area contributed by atoms with E-state index >= 15 is 0 Å². The molecule has 0 fully saturated rings. The minimum Gasteiger partial charge on any atom is -0.380 e. The quantitative estimate of drug-likeness (QED) is 0.877. The predicted octanol–water partition coefficient (Wildman–Crippen LogP) is 4.69. The minimum absolute atomic E-state index is 0.413. The van der Waals surface area contributed by atoms with Crippen LogP contribution < -0.4 is 5.32 Å². The average molecular weight is 332 g/mol. The van der Waals surface area contributed by atoms with E-state index in [4.69, 9.17) is 4.74 Å². The second-order valence-corrected chi connectivity index (χ2v) is 6.13. The highest BCUT2D eigenvalue weighted by molar-refractivity contribution is 9.10. The maximum absolute atomic E-state index is 5.19. The van der Waals surface area contributed by atoms with Crippen LogP contribution in [0.15, 0.2) is 46.9 Å². The fourth-order valence-electron chi connectivity index (χ4n) is 2.85. The molecule has 0 bridgehead atoms. The van der Waals surface area contributed by atoms with Gasteiger partial charge in [-0.1, -0.05) is 34.1 Å². The summed E-state index contributed by atoms with van der Waals surface area (Å²) < 4.78 is 6.36. The van der Waals surface area contributed by atoms with Gasteiger partial charge in [0.1, 0.15) is 0 Å². The molecule has 1 atom stereocenters. The van der Waals surface area contributed by atoms with Gasteiger partial charge in [0.2, 0.25) is 0 Å². The molecule has 104 valence electrons. The van der Waals surface area contributed by atoms with Gasteiger partial charge in [0.15, 0.2) is 0 Å². The third-order valence-electron chi connectivity index (χ3n) is 3.76. The summed E-state index contributed by atoms with van der Waals surface area (Å²) in [6.07, 6.45) is 2.30. The summed E-state index contributed by atoms with van der Waals surface area (Å²) >= 11 is 3.54. The Morgan fingerprint density at radius 2 is 2.15 bits per heavy atom. The Labute approximate surface area is 128 Å². The van der Waals surface area contributed by atoms with Crippen LogP contribution in [0.5, 0.6) is 0 Å². The standard InChI is InChI=1S/C17H18BrNO/c1-20-11-12-3-2-4-15(9-12)19-17-8-5-13-10-14(18)6-7-16(13)17/h2-4,6-7,9-10,17,19H,5,8,11H2,1H3. The first-order chi connectivity index (χ1) is 9.76. The number of hydrogen-bond donors (Lipinski definition) is 1. The number of fused-ring (bicyclic) bond motifs is 1. The summed E-state index contributed by atoms with van der Waals surface area (Å²) in [5.74, 6) is 0. The van der Waals surface area contributed by atoms with Crippen LogP contribution in [0, 0.1) is 0 Å². The zero-order valence-corrected chi connectivity index (χ0v) is 13.1. The van der Waals surface area contributed by atoms with E-state index in [9.17, 15) is 0 Å². The Morgan fingerprint density at radius 1 is 1.25 bits per heavy atom. The molecule has 0 spiro atoms. The predicted molar refractivity (Wildman–Crippen MR) is 86.0 cm³/mol. The van der Waals surface area contributed by atoms with Gasteiger partial charge in [-0.3, -0.25) is 0 Å². The summed E-state index contributed by atoms with van der Waals surface area (Å²) in [5.41, 5.74) is 5.24. The maximum atomic E-state index is 5.19. The molecule has 2 aromatic carbocycles. The molecule has 0 saturated heterocycles. The Morgan fingerprint density at radius 3 is 3.00 bits per heavy atom. The van der Waals surface area contributed by atoms with Crippen LogP contribution in [-0.2, 0) is 17.8 Å². The zero-order chi connectivity index (χ0) is 13.9. The first kappa shape index (κ1) is 13.7. The highest BCUT2D eigenvalue weighted by atomic mass is 79.9. The van der Waals surface area contributed by atoms with Gasteiger partial charge in [-0.25, -0.2) is 0 Å². The maximum Gasteiger partial charge on any atom is 0.0713 e. The van der Waals surface area contributed by atoms with Crippen LogP contribution in [0.2, 0.25) is 0 Å². The van der Waals surface area contributed by atoms with Crippen LogP contribution in [0.1, 0.15) is 29.2 Å². The molecular formula is C17H18BrNO. The molecule has 20 heavy (non-hydrogen) atoms. The lowest BCUT2D eigenvalue weighted by Gasteiger charge is -2.16. The second-order valence-electron chi connectivity index (χ2n) is 5.21. The molecule has 0 amide bonds. The van der Waals surface area contributed by atoms with Crippen LogP contribution in [0.4, 0.5) is 5.69 Å². The van der Waals surface area contributed by atoms with Crippen molar-refractivity contribution in [2.75, 3.05) is 12.4 Å². The molecule has 0 radical (unpaired) electrons. The Hall–Kier alpha value is -1.32. The van der Waals surface area contributed by atoms with Crippen molar-refractivity contribution in [3.63, 3.8) is 0 Å². The van der Waals surface area contributed by atoms with E-state index in [2.05, 4.69) is 63.7 Å². The minimum atomic E-state index is 0.413. The molecular weight excluding hydrogens is 314 g/mol. The fraction of sp³-hybridized carbons (Fsp3) is 0.294. The van der Waals surface area contributed by atoms with Crippen LogP contribution in [-0.4, -0.2) is 7.11 Å². The summed E-state index contributed by atoms with van der Waals surface area (Å²) in [5, 5.41) is 3.64. The highest BCUT2D eigenvalue weighted by Gasteiger charge is 2.22. The Balaban J connectivity index is 1.78. The van der Waals surface area contributed by atoms with E-state index in [0.29, 0.717) is 12.6 Å². The summed E-state index contributed by atoms with van der Waals surface area (Å²) in [7, 11) is 1.73. The van der Waals surface area contributed by atoms with E-state index in [1.807, 2.05) is 0 Å². The molecule has 2 nitrogen and oxygen atoms in total. The van der Waals surface area contributed by atoms with Crippen molar-refractivity contribution in [3.8, 4) is 0 Å². The van der Waals surface area contributed by atoms with Crippen molar-refractivity contribution < 1.29 is 4.74 Å². The molecule has 0 heterocycles. The first-order valence-corrected chi connectivity index (χ1v) is 7.68. The van der Waals surface area contributed by atoms with Crippen molar-refractivity contribution in [1.82, 2.24) is 0 Å². The molecule has 1 aliphatic carbocycles. The summed E-state index contributed by atoms with van der Waals surface area (Å²) in [6, 6.07) is 15.5. The SMILES string of the molecule is COCc1cccc(NC2CCc3cc(Br)ccc32)c1. The monoisotopic (exact) mass is 331 g/mol. The molecule has 3 rings (SSSR count). The van der Waals surface area contributed by atoms with Crippen molar-refractivity contribution in [1.29, 1.82) is 0 Å². The molecule has 3 heteroatoms. The van der Waals surface area contributed by atoms with Gasteiger partial charge in [0.05, 0.1) is 12.6 Å². The third-order valence-corrected chi connectivity index (χ3v) is 4.25. The first-order valence-electron chi connectivity index (χ1n) is 6.89. The van der Waals surface area contributed by atoms with Crippen LogP contribution >= 0.6 is 15.9 Å². The number of hydrogen-bond acceptors (Lipinski definition) is 2. The van der Waals surface area contributed by atoms with Crippen molar-refractivity contribution in [2.24, 2.45) is 0 Å². The molecule has 1 N–H and O–H groups in total. The lowest BCUT2D eigenvalue weighted by atomic mass is 10.1. The summed E-state index contributed by atoms with van der Waals surface area (Å²) in [6.45, 7) is 0.656. The smallest absolute Gasteiger partial charge is 0.0713 e. The number of rotatable bonds is 4. The molecule has 0 aromatic heterocycles. The van der Waals surface area contributed by atoms with Gasteiger partial charge in [-0.15, -0.1) is 0 Å². The molecule has 1 aliphatic rings. The normalized spacial score (nSPS) is 17.0. The van der Waals surface area contributed by atoms with E-state index in [-0.39, 0.29) is 0 Å². The van der Waals surface area contributed by atoms with E-state index < -0.39 is 0 Å². The highest BCUT2D eigenvalue weighted by Crippen LogP contribution is 2.35. The van der Waals surface area contributed by atoms with Gasteiger partial charge in [-0.2, -0.15) is 0 Å². The Kier molecular flexibility index (Phi) is 4.08. The third kappa shape index (κ3) is 2.89. The molecule has 0 saturated carbocycles. The van der Waals surface area contributed by atoms with Gasteiger partial charge in [0, 0.05) is 17.3 Å². The van der Waals surface area contributed by atoms with E-state index in [1.165, 1.54) is 26.9 Å². The average Bonchev–Trinajstić information content (AvgIpc) is 2.82. The second kappa shape index (κ2) is 5.98. The number of nitrogens with one attached hydrogen (secondary N) is 1. The van der Waals surface area contributed by atoms with E-state index in [0.717, 1.165) is 12.8 Å². The van der Waals surface area contributed by atoms with Crippen molar-refractivity contribution in [2.45, 2.75) is 25.5 Å². The van der Waals surface area contributed by atoms with Crippen LogP contribution in [0.3, 0.4) is 0 Å². The topological polar surface area (TPSA) is 21.3 Å². The fourth-order valence-corrected chi connectivity index (χ4v) is 3.26. The number of aryl methyl sites for hydroxylation is 1. The summed E-state index contributed by atoms with van der Waals surface area (Å²) in [4.78, 5) is 0. The van der Waals surface area contributed by atoms with Gasteiger partial charge >= 0.3 is 0 Å². The van der Waals surface area contributed by atoms with Crippen LogP contribution in [0.25, 0.3) is 0 Å². The number of ether oxygens (including phenoxy) is 1.